The molecule has 0 radical (unpaired) electrons. The molecule has 0 spiro atoms. The van der Waals surface area contributed by atoms with Crippen LogP contribution in [0, 0.1) is 0 Å². The van der Waals surface area contributed by atoms with Crippen LogP contribution < -0.4 is 10.6 Å². The van der Waals surface area contributed by atoms with E-state index in [-0.39, 0.29) is 30.9 Å². The number of rotatable bonds is 39. The van der Waals surface area contributed by atoms with Gasteiger partial charge >= 0.3 is 11.9 Å². The van der Waals surface area contributed by atoms with Gasteiger partial charge in [-0.05, 0) is 116 Å². The summed E-state index contributed by atoms with van der Waals surface area (Å²) in [5.41, 5.74) is 0. The van der Waals surface area contributed by atoms with E-state index < -0.39 is 24.5 Å². The molecule has 0 saturated heterocycles. The van der Waals surface area contributed by atoms with Gasteiger partial charge in [-0.1, -0.05) is 142 Å². The number of aliphatic carboxylic acids is 1. The maximum Gasteiger partial charge on any atom is 0.328 e. The average Bonchev–Trinajstić information content (AvgIpc) is 3.23. The zero-order valence-corrected chi connectivity index (χ0v) is 37.2. The second-order valence-corrected chi connectivity index (χ2v) is 14.7. The number of hydrogen-bond donors (Lipinski definition) is 4. The number of nitrogens with one attached hydrogen (secondary N) is 2. The number of allylic oxidation sites excluding steroid dienone is 18. The lowest BCUT2D eigenvalue weighted by molar-refractivity contribution is -0.150. The van der Waals surface area contributed by atoms with Crippen molar-refractivity contribution in [3.8, 4) is 0 Å². The van der Waals surface area contributed by atoms with Gasteiger partial charge in [-0.15, -0.1) is 0 Å². The molecule has 9 heteroatoms. The molecule has 0 aliphatic rings. The maximum absolute atomic E-state index is 12.8. The minimum absolute atomic E-state index is 0.0906. The average molecular weight is 833 g/mol. The van der Waals surface area contributed by atoms with Gasteiger partial charge in [0.25, 0.3) is 0 Å². The van der Waals surface area contributed by atoms with Crippen LogP contribution in [-0.2, 0) is 23.9 Å². The fourth-order valence-electron chi connectivity index (χ4n) is 5.86. The van der Waals surface area contributed by atoms with Gasteiger partial charge in [-0.2, -0.15) is 0 Å². The van der Waals surface area contributed by atoms with Gasteiger partial charge in [-0.25, -0.2) is 4.79 Å². The van der Waals surface area contributed by atoms with Crippen LogP contribution in [0.3, 0.4) is 0 Å². The topological polar surface area (TPSA) is 142 Å². The highest BCUT2D eigenvalue weighted by atomic mass is 16.5. The van der Waals surface area contributed by atoms with Crippen LogP contribution in [0.15, 0.2) is 109 Å². The molecule has 60 heavy (non-hydrogen) atoms. The highest BCUT2D eigenvalue weighted by Crippen LogP contribution is 2.17. The Morgan fingerprint density at radius 2 is 0.917 bits per heavy atom. The van der Waals surface area contributed by atoms with Crippen LogP contribution in [0.2, 0.25) is 0 Å². The summed E-state index contributed by atoms with van der Waals surface area (Å²) in [5.74, 6) is -2.41. The fourth-order valence-corrected chi connectivity index (χ4v) is 5.86. The van der Waals surface area contributed by atoms with Crippen LogP contribution in [0.25, 0.3) is 0 Å². The second kappa shape index (κ2) is 44.1. The van der Waals surface area contributed by atoms with Crippen LogP contribution >= 0.6 is 0 Å². The van der Waals surface area contributed by atoms with Crippen LogP contribution in [-0.4, -0.2) is 59.3 Å². The van der Waals surface area contributed by atoms with Crippen LogP contribution in [0.4, 0.5) is 0 Å². The third-order valence-electron chi connectivity index (χ3n) is 9.27. The predicted octanol–water partition coefficient (Wildman–Crippen LogP) is 11.6. The first-order valence-electron chi connectivity index (χ1n) is 22.8. The van der Waals surface area contributed by atoms with Crippen molar-refractivity contribution >= 4 is 23.8 Å². The number of esters is 1. The fraction of sp³-hybridized carbons (Fsp3) is 0.569. The first kappa shape index (κ1) is 55.5. The van der Waals surface area contributed by atoms with E-state index in [1.807, 2.05) is 0 Å². The Hall–Kier alpha value is -4.50. The minimum Gasteiger partial charge on any atom is -0.480 e. The van der Waals surface area contributed by atoms with Gasteiger partial charge in [0.1, 0.15) is 12.1 Å². The van der Waals surface area contributed by atoms with Gasteiger partial charge in [0.05, 0.1) is 13.2 Å². The van der Waals surface area contributed by atoms with Crippen molar-refractivity contribution in [2.75, 3.05) is 13.2 Å². The van der Waals surface area contributed by atoms with Gasteiger partial charge in [-0.3, -0.25) is 14.4 Å². The van der Waals surface area contributed by atoms with E-state index in [1.165, 1.54) is 0 Å². The lowest BCUT2D eigenvalue weighted by Gasteiger charge is -2.18. The molecule has 0 rings (SSSR count). The molecule has 4 N–H and O–H groups in total. The van der Waals surface area contributed by atoms with E-state index in [2.05, 4.69) is 134 Å². The maximum atomic E-state index is 12.8. The van der Waals surface area contributed by atoms with Gasteiger partial charge in [0, 0.05) is 12.8 Å². The molecular formula is C51H80N2O7. The van der Waals surface area contributed by atoms with Crippen LogP contribution in [0.5, 0.6) is 0 Å². The number of carboxylic acids is 1. The first-order chi connectivity index (χ1) is 29.3. The molecule has 0 aromatic carbocycles. The summed E-state index contributed by atoms with van der Waals surface area (Å²) in [4.78, 5) is 47.7. The Bertz CT molecular complexity index is 1370. The number of amides is 2. The highest BCUT2D eigenvalue weighted by Gasteiger charge is 2.19. The molecule has 0 bridgehead atoms. The van der Waals surface area contributed by atoms with Gasteiger partial charge in [0.2, 0.25) is 11.8 Å². The summed E-state index contributed by atoms with van der Waals surface area (Å²) in [6.45, 7) is 3.23. The number of aliphatic hydroxyl groups is 1. The summed E-state index contributed by atoms with van der Waals surface area (Å²) >= 11 is 0. The molecule has 2 amide bonds. The number of ether oxygens (including phenoxy) is 1. The van der Waals surface area contributed by atoms with E-state index in [1.54, 1.807) is 0 Å². The summed E-state index contributed by atoms with van der Waals surface area (Å²) in [7, 11) is 0. The third kappa shape index (κ3) is 40.3. The Kier molecular flexibility index (Phi) is 40.8. The lowest BCUT2D eigenvalue weighted by atomic mass is 10.0. The van der Waals surface area contributed by atoms with E-state index in [0.29, 0.717) is 12.8 Å². The van der Waals surface area contributed by atoms with Crippen molar-refractivity contribution in [3.05, 3.63) is 109 Å². The third-order valence-corrected chi connectivity index (χ3v) is 9.27. The first-order valence-corrected chi connectivity index (χ1v) is 22.8. The Morgan fingerprint density at radius 1 is 0.500 bits per heavy atom. The standard InChI is InChI=1S/C51H80N2O7/c1-3-5-7-9-11-13-15-17-19-20-22-24-26-28-30-35-39-43-50(57)60-46(40-36-32-29-27-25-23-21-18-16-14-12-10-8-6-4-2)41-37-33-31-34-38-42-48(55)52-44-49(56)53-47(45-54)51(58)59/h5-8,11-14,17-19,21-22,24-25,27-28,30,46-47,54H,3-4,9-10,15-16,20,23,26,29,31-45H2,1-2H3,(H,52,55)(H,53,56)(H,58,59)/b7-5-,8-6-,13-11-,14-12-,19-17-,21-18-,24-22-,27-25-,30-28-. The molecule has 2 unspecified atom stereocenters. The zero-order valence-electron chi connectivity index (χ0n) is 37.2. The van der Waals surface area contributed by atoms with E-state index in [9.17, 15) is 19.2 Å². The molecule has 0 aliphatic carbocycles. The number of unbranched alkanes of at least 4 members (excludes halogenated alkanes) is 7. The van der Waals surface area contributed by atoms with Crippen molar-refractivity contribution in [2.45, 2.75) is 174 Å². The van der Waals surface area contributed by atoms with E-state index in [4.69, 9.17) is 14.9 Å². The molecule has 0 saturated carbocycles. The number of aliphatic hydroxyl groups excluding tert-OH is 1. The van der Waals surface area contributed by atoms with Crippen molar-refractivity contribution in [1.29, 1.82) is 0 Å². The largest absolute Gasteiger partial charge is 0.480 e. The molecule has 0 heterocycles. The molecular weight excluding hydrogens is 753 g/mol. The molecule has 0 fully saturated rings. The summed E-state index contributed by atoms with van der Waals surface area (Å²) in [5, 5.41) is 22.6. The zero-order chi connectivity index (χ0) is 44.0. The molecule has 336 valence electrons. The lowest BCUT2D eigenvalue weighted by Crippen LogP contribution is -2.47. The van der Waals surface area contributed by atoms with Crippen molar-refractivity contribution < 1.29 is 34.1 Å². The second-order valence-electron chi connectivity index (χ2n) is 14.7. The van der Waals surface area contributed by atoms with E-state index >= 15 is 0 Å². The minimum atomic E-state index is -1.39. The van der Waals surface area contributed by atoms with Crippen molar-refractivity contribution in [2.24, 2.45) is 0 Å². The number of carbonyl (C=O) groups excluding carboxylic acids is 3. The van der Waals surface area contributed by atoms with Gasteiger partial charge < -0.3 is 25.6 Å². The highest BCUT2D eigenvalue weighted by molar-refractivity contribution is 5.87. The quantitative estimate of drug-likeness (QED) is 0.0274. The number of hydrogen-bond acceptors (Lipinski definition) is 6. The summed E-state index contributed by atoms with van der Waals surface area (Å²) < 4.78 is 5.99. The molecule has 2 atom stereocenters. The number of carboxylic acid groups (broad SMARTS) is 1. The molecule has 0 aromatic heterocycles. The van der Waals surface area contributed by atoms with Gasteiger partial charge in [0.15, 0.2) is 0 Å². The van der Waals surface area contributed by atoms with Crippen molar-refractivity contribution in [3.63, 3.8) is 0 Å². The van der Waals surface area contributed by atoms with E-state index in [0.717, 1.165) is 128 Å². The Morgan fingerprint density at radius 3 is 1.38 bits per heavy atom. The summed E-state index contributed by atoms with van der Waals surface area (Å²) in [6.07, 6.45) is 59.7. The molecule has 0 aliphatic heterocycles. The Labute approximate surface area is 363 Å². The predicted molar refractivity (Wildman–Crippen MR) is 249 cm³/mol. The SMILES string of the molecule is CC/C=C\C/C=C\C/C=C\C/C=C\C/C=C\CCCC(=O)OC(CCCC/C=C\C/C=C\C/C=C\C/C=C\CC)CCCCCCCC(=O)NCC(=O)NC(CO)C(=O)O. The smallest absolute Gasteiger partial charge is 0.328 e. The van der Waals surface area contributed by atoms with Crippen LogP contribution in [0.1, 0.15) is 162 Å². The molecule has 0 aromatic rings. The summed E-state index contributed by atoms with van der Waals surface area (Å²) in [6, 6.07) is -1.39. The normalized spacial score (nSPS) is 13.5. The van der Waals surface area contributed by atoms with Crippen molar-refractivity contribution in [1.82, 2.24) is 10.6 Å². The molecule has 9 nitrogen and oxygen atoms in total. The Balaban J connectivity index is 4.55. The number of carbonyl (C=O) groups is 4. The monoisotopic (exact) mass is 833 g/mol.